The number of nitrogens with zero attached hydrogens (tertiary/aromatic N) is 2. The molecule has 0 bridgehead atoms. The lowest BCUT2D eigenvalue weighted by atomic mass is 9.88. The van der Waals surface area contributed by atoms with Gasteiger partial charge in [0, 0.05) is 0 Å². The quantitative estimate of drug-likeness (QED) is 0.381. The molecule has 21 heavy (non-hydrogen) atoms. The van der Waals surface area contributed by atoms with Crippen molar-refractivity contribution in [1.82, 2.24) is 9.78 Å². The molecule has 0 fully saturated rings. The van der Waals surface area contributed by atoms with E-state index in [1.807, 2.05) is 4.68 Å². The summed E-state index contributed by atoms with van der Waals surface area (Å²) in [5, 5.41) is 5.59. The van der Waals surface area contributed by atoms with Crippen molar-refractivity contribution in [2.24, 2.45) is 0 Å². The minimum atomic E-state index is -0.0467. The van der Waals surface area contributed by atoms with Gasteiger partial charge < -0.3 is 0 Å². The number of hydrogen-bond acceptors (Lipinski definition) is 1. The molecule has 0 saturated heterocycles. The lowest BCUT2D eigenvalue weighted by Crippen LogP contribution is -2.31. The van der Waals surface area contributed by atoms with E-state index in [-0.39, 0.29) is 5.54 Å². The van der Waals surface area contributed by atoms with Crippen molar-refractivity contribution in [2.75, 3.05) is 0 Å². The maximum Gasteiger partial charge on any atom is 0.148 e. The molecule has 0 aliphatic carbocycles. The Labute approximate surface area is 147 Å². The van der Waals surface area contributed by atoms with Gasteiger partial charge in [0.05, 0.1) is 5.54 Å². The third-order valence-corrected chi connectivity index (χ3v) is 5.72. The van der Waals surface area contributed by atoms with Crippen molar-refractivity contribution in [3.63, 3.8) is 0 Å². The van der Waals surface area contributed by atoms with Crippen molar-refractivity contribution in [3.05, 3.63) is 14.8 Å². The molecule has 1 aromatic rings. The zero-order chi connectivity index (χ0) is 15.9. The van der Waals surface area contributed by atoms with Crippen LogP contribution in [-0.2, 0) is 5.54 Å². The van der Waals surface area contributed by atoms with Gasteiger partial charge in [0.25, 0.3) is 0 Å². The number of halogens is 3. The SMILES string of the molecule is CCCCCCCC(C)(CCCC)n1nc(Br)c(Cl)c1Cl. The highest BCUT2D eigenvalue weighted by Gasteiger charge is 2.30. The second kappa shape index (κ2) is 9.42. The van der Waals surface area contributed by atoms with E-state index >= 15 is 0 Å². The molecule has 0 aromatic carbocycles. The largest absolute Gasteiger partial charge is 0.245 e. The predicted octanol–water partition coefficient (Wildman–Crippen LogP) is 7.22. The number of hydrogen-bond donors (Lipinski definition) is 0. The van der Waals surface area contributed by atoms with Crippen LogP contribution >= 0.6 is 39.1 Å². The fraction of sp³-hybridized carbons (Fsp3) is 0.812. The van der Waals surface area contributed by atoms with Crippen LogP contribution in [0.4, 0.5) is 0 Å². The highest BCUT2D eigenvalue weighted by Crippen LogP contribution is 2.38. The fourth-order valence-electron chi connectivity index (χ4n) is 2.72. The summed E-state index contributed by atoms with van der Waals surface area (Å²) in [5.74, 6) is 0. The summed E-state index contributed by atoms with van der Waals surface area (Å²) in [5.41, 5.74) is -0.0467. The topological polar surface area (TPSA) is 17.8 Å². The molecule has 0 spiro atoms. The lowest BCUT2D eigenvalue weighted by Gasteiger charge is -2.31. The van der Waals surface area contributed by atoms with Crippen LogP contribution in [0.5, 0.6) is 0 Å². The molecule has 0 aliphatic heterocycles. The molecular weight excluding hydrogens is 371 g/mol. The summed E-state index contributed by atoms with van der Waals surface area (Å²) in [4.78, 5) is 0. The first-order chi connectivity index (χ1) is 9.96. The second-order valence-corrected chi connectivity index (χ2v) is 7.56. The van der Waals surface area contributed by atoms with E-state index in [9.17, 15) is 0 Å². The van der Waals surface area contributed by atoms with E-state index in [1.165, 1.54) is 44.9 Å². The van der Waals surface area contributed by atoms with Gasteiger partial charge >= 0.3 is 0 Å². The van der Waals surface area contributed by atoms with Crippen molar-refractivity contribution in [1.29, 1.82) is 0 Å². The van der Waals surface area contributed by atoms with Gasteiger partial charge in [-0.05, 0) is 35.7 Å². The summed E-state index contributed by atoms with van der Waals surface area (Å²) in [6.07, 6.45) is 11.0. The minimum Gasteiger partial charge on any atom is -0.245 e. The van der Waals surface area contributed by atoms with Gasteiger partial charge in [-0.1, -0.05) is 82.0 Å². The number of aromatic nitrogens is 2. The Morgan fingerprint density at radius 3 is 2.10 bits per heavy atom. The van der Waals surface area contributed by atoms with Crippen molar-refractivity contribution in [3.8, 4) is 0 Å². The zero-order valence-corrected chi connectivity index (χ0v) is 16.5. The normalized spacial score (nSPS) is 14.4. The van der Waals surface area contributed by atoms with Gasteiger partial charge in [0.2, 0.25) is 0 Å². The summed E-state index contributed by atoms with van der Waals surface area (Å²) in [6, 6.07) is 0. The maximum absolute atomic E-state index is 6.38. The van der Waals surface area contributed by atoms with E-state index in [0.29, 0.717) is 14.8 Å². The number of unbranched alkanes of at least 4 members (excludes halogenated alkanes) is 5. The molecule has 0 amide bonds. The van der Waals surface area contributed by atoms with E-state index in [2.05, 4.69) is 41.8 Å². The fourth-order valence-corrected chi connectivity index (χ4v) is 3.62. The van der Waals surface area contributed by atoms with Crippen LogP contribution in [0.1, 0.15) is 78.6 Å². The van der Waals surface area contributed by atoms with Gasteiger partial charge in [-0.25, -0.2) is 4.68 Å². The molecule has 1 aromatic heterocycles. The standard InChI is InChI=1S/C16H27BrCl2N2/c1-4-6-8-9-10-12-16(3,11-7-5-2)21-15(19)13(18)14(17)20-21/h4-12H2,1-3H3. The Kier molecular flexibility index (Phi) is 8.66. The van der Waals surface area contributed by atoms with Gasteiger partial charge in [0.1, 0.15) is 14.8 Å². The van der Waals surface area contributed by atoms with Crippen LogP contribution in [-0.4, -0.2) is 9.78 Å². The Morgan fingerprint density at radius 2 is 1.57 bits per heavy atom. The molecule has 0 N–H and O–H groups in total. The Morgan fingerprint density at radius 1 is 1.00 bits per heavy atom. The smallest absolute Gasteiger partial charge is 0.148 e. The van der Waals surface area contributed by atoms with Crippen molar-refractivity contribution < 1.29 is 0 Å². The average molecular weight is 398 g/mol. The van der Waals surface area contributed by atoms with E-state index in [0.717, 1.165) is 12.8 Å². The Balaban J connectivity index is 2.79. The molecule has 0 aliphatic rings. The minimum absolute atomic E-state index is 0.0467. The van der Waals surface area contributed by atoms with Crippen LogP contribution in [0.15, 0.2) is 4.60 Å². The van der Waals surface area contributed by atoms with Crippen molar-refractivity contribution in [2.45, 2.75) is 84.1 Å². The molecule has 0 radical (unpaired) electrons. The molecule has 122 valence electrons. The molecule has 0 saturated carbocycles. The van der Waals surface area contributed by atoms with E-state index in [1.54, 1.807) is 0 Å². The Bertz CT molecular complexity index is 434. The van der Waals surface area contributed by atoms with Gasteiger partial charge in [-0.15, -0.1) is 0 Å². The molecule has 1 rings (SSSR count). The van der Waals surface area contributed by atoms with Crippen LogP contribution < -0.4 is 0 Å². The van der Waals surface area contributed by atoms with E-state index < -0.39 is 0 Å². The summed E-state index contributed by atoms with van der Waals surface area (Å²) in [6.45, 7) is 6.72. The first kappa shape index (κ1) is 19.3. The van der Waals surface area contributed by atoms with Crippen molar-refractivity contribution >= 4 is 39.1 Å². The second-order valence-electron chi connectivity index (χ2n) is 6.07. The molecule has 2 nitrogen and oxygen atoms in total. The van der Waals surface area contributed by atoms with Gasteiger partial charge in [-0.3, -0.25) is 0 Å². The van der Waals surface area contributed by atoms with E-state index in [4.69, 9.17) is 23.2 Å². The number of rotatable bonds is 10. The van der Waals surface area contributed by atoms with Gasteiger partial charge in [0.15, 0.2) is 0 Å². The zero-order valence-electron chi connectivity index (χ0n) is 13.4. The maximum atomic E-state index is 6.38. The highest BCUT2D eigenvalue weighted by molar-refractivity contribution is 9.10. The molecule has 1 atom stereocenters. The monoisotopic (exact) mass is 396 g/mol. The molecule has 5 heteroatoms. The third-order valence-electron chi connectivity index (χ3n) is 4.14. The third kappa shape index (κ3) is 5.44. The molecular formula is C16H27BrCl2N2. The van der Waals surface area contributed by atoms with Crippen LogP contribution in [0.2, 0.25) is 10.2 Å². The molecule has 1 heterocycles. The predicted molar refractivity (Wildman–Crippen MR) is 96.5 cm³/mol. The lowest BCUT2D eigenvalue weighted by molar-refractivity contribution is 0.228. The Hall–Kier alpha value is 0.270. The van der Waals surface area contributed by atoms with Crippen LogP contribution in [0.25, 0.3) is 0 Å². The molecule has 1 unspecified atom stereocenters. The summed E-state index contributed by atoms with van der Waals surface area (Å²) < 4.78 is 2.57. The summed E-state index contributed by atoms with van der Waals surface area (Å²) >= 11 is 15.9. The first-order valence-electron chi connectivity index (χ1n) is 8.06. The van der Waals surface area contributed by atoms with Crippen LogP contribution in [0.3, 0.4) is 0 Å². The average Bonchev–Trinajstić information content (AvgIpc) is 2.73. The highest BCUT2D eigenvalue weighted by atomic mass is 79.9. The first-order valence-corrected chi connectivity index (χ1v) is 9.61. The summed E-state index contributed by atoms with van der Waals surface area (Å²) in [7, 11) is 0. The van der Waals surface area contributed by atoms with Gasteiger partial charge in [-0.2, -0.15) is 5.10 Å². The van der Waals surface area contributed by atoms with Crippen LogP contribution in [0, 0.1) is 0 Å².